The molecule has 0 radical (unpaired) electrons. The molecular weight excluding hydrogens is 215 g/mol. The number of hydrogen-bond acceptors (Lipinski definition) is 6. The first-order valence-electron chi connectivity index (χ1n) is 3.57. The monoisotopic (exact) mass is 218 g/mol. The smallest absolute Gasteiger partial charge is 0.373 e. The Morgan fingerprint density at radius 3 is 2.71 bits per heavy atom. The van der Waals surface area contributed by atoms with Crippen molar-refractivity contribution in [1.29, 1.82) is 0 Å². The number of phosphoric acid groups is 1. The van der Waals surface area contributed by atoms with E-state index < -0.39 is 19.1 Å². The van der Waals surface area contributed by atoms with Crippen molar-refractivity contribution in [1.82, 2.24) is 9.30 Å². The molecule has 0 fully saturated rings. The number of phosphoric ester groups is 1. The SMILES string of the molecule is Cn1c2c3c(=O)n(c1=O)OP(=O)(O3)O2. The normalized spacial score (nSPS) is 25.5. The third-order valence-electron chi connectivity index (χ3n) is 1.92. The van der Waals surface area contributed by atoms with Crippen molar-refractivity contribution < 1.29 is 18.2 Å². The second-order valence-electron chi connectivity index (χ2n) is 2.79. The number of nitrogens with zero attached hydrogens (tertiary/aromatic N) is 2. The third kappa shape index (κ3) is 0.642. The predicted octanol–water partition coefficient (Wildman–Crippen LogP) is -1.13. The van der Waals surface area contributed by atoms with Gasteiger partial charge in [0.15, 0.2) is 0 Å². The largest absolute Gasteiger partial charge is 0.668 e. The van der Waals surface area contributed by atoms with Crippen molar-refractivity contribution in [3.63, 3.8) is 0 Å². The molecule has 3 heterocycles. The zero-order valence-corrected chi connectivity index (χ0v) is 7.69. The molecule has 2 aliphatic heterocycles. The van der Waals surface area contributed by atoms with Crippen LogP contribution in [-0.4, -0.2) is 9.30 Å². The van der Waals surface area contributed by atoms with Crippen molar-refractivity contribution in [2.45, 2.75) is 0 Å². The molecule has 3 rings (SSSR count). The molecule has 0 saturated carbocycles. The minimum Gasteiger partial charge on any atom is -0.373 e. The van der Waals surface area contributed by atoms with Gasteiger partial charge in [-0.1, -0.05) is 4.73 Å². The summed E-state index contributed by atoms with van der Waals surface area (Å²) in [6, 6.07) is 0. The van der Waals surface area contributed by atoms with E-state index in [1.54, 1.807) is 0 Å². The first kappa shape index (κ1) is 7.69. The van der Waals surface area contributed by atoms with Crippen molar-refractivity contribution >= 4 is 7.82 Å². The van der Waals surface area contributed by atoms with Crippen LogP contribution < -0.4 is 24.9 Å². The molecule has 3 bridgehead atoms. The zero-order valence-electron chi connectivity index (χ0n) is 6.79. The molecule has 0 aliphatic carbocycles. The van der Waals surface area contributed by atoms with Crippen molar-refractivity contribution in [2.75, 3.05) is 0 Å². The second-order valence-corrected chi connectivity index (χ2v) is 4.21. The molecule has 1 unspecified atom stereocenters. The van der Waals surface area contributed by atoms with E-state index in [4.69, 9.17) is 4.52 Å². The van der Waals surface area contributed by atoms with Crippen LogP contribution in [0, 0.1) is 0 Å². The van der Waals surface area contributed by atoms with E-state index in [2.05, 4.69) is 9.15 Å². The summed E-state index contributed by atoms with van der Waals surface area (Å²) >= 11 is 0. The van der Waals surface area contributed by atoms with Gasteiger partial charge < -0.3 is 9.05 Å². The van der Waals surface area contributed by atoms with E-state index in [0.29, 0.717) is 4.73 Å². The van der Waals surface area contributed by atoms with E-state index in [1.165, 1.54) is 7.05 Å². The summed E-state index contributed by atoms with van der Waals surface area (Å²) in [5.41, 5.74) is -1.55. The quantitative estimate of drug-likeness (QED) is 0.512. The molecular formula is C5H3N2O6P. The van der Waals surface area contributed by atoms with Gasteiger partial charge in [-0.25, -0.2) is 4.79 Å². The Morgan fingerprint density at radius 1 is 1.29 bits per heavy atom. The van der Waals surface area contributed by atoms with Gasteiger partial charge in [0.05, 0.1) is 0 Å². The Morgan fingerprint density at radius 2 is 2.00 bits per heavy atom. The van der Waals surface area contributed by atoms with Gasteiger partial charge in [0.25, 0.3) is 11.6 Å². The summed E-state index contributed by atoms with van der Waals surface area (Å²) in [6.07, 6.45) is 0. The van der Waals surface area contributed by atoms with Gasteiger partial charge in [-0.15, -0.1) is 0 Å². The summed E-state index contributed by atoms with van der Waals surface area (Å²) < 4.78 is 26.7. The fourth-order valence-corrected chi connectivity index (χ4v) is 2.51. The molecule has 0 spiro atoms. The predicted molar refractivity (Wildman–Crippen MR) is 41.4 cm³/mol. The van der Waals surface area contributed by atoms with Crippen molar-refractivity contribution in [3.05, 3.63) is 20.8 Å². The first-order chi connectivity index (χ1) is 6.52. The molecule has 0 amide bonds. The Kier molecular flexibility index (Phi) is 1.03. The summed E-state index contributed by atoms with van der Waals surface area (Å²) in [7, 11) is -2.46. The van der Waals surface area contributed by atoms with Crippen molar-refractivity contribution in [2.24, 2.45) is 7.05 Å². The van der Waals surface area contributed by atoms with Crippen LogP contribution in [0.1, 0.15) is 0 Å². The molecule has 1 aromatic rings. The maximum Gasteiger partial charge on any atom is 0.668 e. The highest BCUT2D eigenvalue weighted by Gasteiger charge is 2.51. The summed E-state index contributed by atoms with van der Waals surface area (Å²) in [4.78, 5) is 22.7. The second kappa shape index (κ2) is 1.88. The van der Waals surface area contributed by atoms with Crippen LogP contribution in [0.3, 0.4) is 0 Å². The Hall–Kier alpha value is -1.69. The molecule has 1 aromatic heterocycles. The lowest BCUT2D eigenvalue weighted by Crippen LogP contribution is -2.42. The highest BCUT2D eigenvalue weighted by molar-refractivity contribution is 7.50. The molecule has 0 N–H and O–H groups in total. The topological polar surface area (TPSA) is 88.8 Å². The van der Waals surface area contributed by atoms with Gasteiger partial charge in [0, 0.05) is 7.05 Å². The summed E-state index contributed by atoms with van der Waals surface area (Å²) in [5.74, 6) is -0.404. The average molecular weight is 218 g/mol. The molecule has 2 aliphatic rings. The number of aromatic nitrogens is 2. The average Bonchev–Trinajstić information content (AvgIpc) is 2.40. The van der Waals surface area contributed by atoms with Crippen LogP contribution in [0.5, 0.6) is 11.6 Å². The Bertz CT molecular complexity index is 600. The molecule has 14 heavy (non-hydrogen) atoms. The van der Waals surface area contributed by atoms with Gasteiger partial charge in [-0.2, -0.15) is 4.57 Å². The van der Waals surface area contributed by atoms with E-state index in [1.807, 2.05) is 0 Å². The first-order valence-corrected chi connectivity index (χ1v) is 5.03. The van der Waals surface area contributed by atoms with E-state index in [-0.39, 0.29) is 11.6 Å². The highest BCUT2D eigenvalue weighted by atomic mass is 31.2. The van der Waals surface area contributed by atoms with E-state index >= 15 is 0 Å². The molecule has 0 saturated heterocycles. The lowest BCUT2D eigenvalue weighted by Gasteiger charge is -2.11. The van der Waals surface area contributed by atoms with Crippen LogP contribution in [0.2, 0.25) is 0 Å². The Labute approximate surface area is 75.8 Å². The molecule has 8 nitrogen and oxygen atoms in total. The third-order valence-corrected chi connectivity index (χ3v) is 3.09. The molecule has 1 atom stereocenters. The number of rotatable bonds is 0. The van der Waals surface area contributed by atoms with E-state index in [9.17, 15) is 14.2 Å². The summed E-state index contributed by atoms with van der Waals surface area (Å²) in [6.45, 7) is 0. The van der Waals surface area contributed by atoms with Crippen LogP contribution in [0.25, 0.3) is 0 Å². The fraction of sp³-hybridized carbons (Fsp3) is 0.200. The van der Waals surface area contributed by atoms with Crippen molar-refractivity contribution in [3.8, 4) is 11.6 Å². The van der Waals surface area contributed by atoms with Crippen LogP contribution in [0.15, 0.2) is 9.59 Å². The fourth-order valence-electron chi connectivity index (χ4n) is 1.27. The van der Waals surface area contributed by atoms with E-state index in [0.717, 1.165) is 4.57 Å². The molecule has 9 heteroatoms. The molecule has 74 valence electrons. The van der Waals surface area contributed by atoms with Gasteiger partial charge >= 0.3 is 19.1 Å². The maximum absolute atomic E-state index is 11.5. The zero-order chi connectivity index (χ0) is 10.1. The maximum atomic E-state index is 11.5. The minimum atomic E-state index is -3.81. The van der Waals surface area contributed by atoms with Crippen LogP contribution >= 0.6 is 7.82 Å². The molecule has 0 aromatic carbocycles. The summed E-state index contributed by atoms with van der Waals surface area (Å²) in [5, 5.41) is 0. The van der Waals surface area contributed by atoms with Gasteiger partial charge in [-0.3, -0.25) is 14.0 Å². The van der Waals surface area contributed by atoms with Gasteiger partial charge in [0.1, 0.15) is 0 Å². The number of fused-ring (bicyclic) bond motifs is 2. The van der Waals surface area contributed by atoms with Gasteiger partial charge in [-0.05, 0) is 0 Å². The van der Waals surface area contributed by atoms with Gasteiger partial charge in [0.2, 0.25) is 0 Å². The Balaban J connectivity index is 2.61. The lowest BCUT2D eigenvalue weighted by molar-refractivity contribution is 0.174. The lowest BCUT2D eigenvalue weighted by atomic mass is 10.5. The van der Waals surface area contributed by atoms with Crippen LogP contribution in [0.4, 0.5) is 0 Å². The highest BCUT2D eigenvalue weighted by Crippen LogP contribution is 2.56. The van der Waals surface area contributed by atoms with Crippen LogP contribution in [-0.2, 0) is 11.6 Å². The number of hydrogen-bond donors (Lipinski definition) is 0. The minimum absolute atomic E-state index is 0.155. The standard InChI is InChI=1S/C5H3N2O6P/c1-6-4-2-3(8)7(5(6)9)13-14(10,11-2)12-4/h1H3.